The van der Waals surface area contributed by atoms with Crippen molar-refractivity contribution in [3.63, 3.8) is 0 Å². The van der Waals surface area contributed by atoms with Gasteiger partial charge in [0.15, 0.2) is 0 Å². The summed E-state index contributed by atoms with van der Waals surface area (Å²) in [6.45, 7) is 1.97. The molecule has 36 heavy (non-hydrogen) atoms. The summed E-state index contributed by atoms with van der Waals surface area (Å²) in [5.41, 5.74) is 1.18. The fourth-order valence-corrected chi connectivity index (χ4v) is 5.52. The topological polar surface area (TPSA) is 108 Å². The Bertz CT molecular complexity index is 1110. The van der Waals surface area contributed by atoms with Crippen LogP contribution < -0.4 is 16.0 Å². The van der Waals surface area contributed by atoms with Gasteiger partial charge in [-0.2, -0.15) is 0 Å². The molecule has 0 spiro atoms. The Balaban J connectivity index is 1.64. The Kier molecular flexibility index (Phi) is 9.70. The van der Waals surface area contributed by atoms with Gasteiger partial charge in [-0.1, -0.05) is 66.5 Å². The Hall–Kier alpha value is -2.68. The van der Waals surface area contributed by atoms with E-state index in [-0.39, 0.29) is 33.4 Å². The van der Waals surface area contributed by atoms with Crippen LogP contribution in [-0.4, -0.2) is 40.5 Å². The number of benzene rings is 2. The van der Waals surface area contributed by atoms with E-state index in [2.05, 4.69) is 16.0 Å². The number of aliphatic carboxylic acids is 1. The van der Waals surface area contributed by atoms with E-state index in [0.717, 1.165) is 31.2 Å². The highest BCUT2D eigenvalue weighted by atomic mass is 35.5. The molecule has 2 aromatic rings. The number of anilines is 1. The maximum atomic E-state index is 12.6. The Morgan fingerprint density at radius 1 is 1.06 bits per heavy atom. The molecule has 192 valence electrons. The summed E-state index contributed by atoms with van der Waals surface area (Å²) in [4.78, 5) is 36.4. The second kappa shape index (κ2) is 12.5. The number of rotatable bonds is 10. The summed E-state index contributed by atoms with van der Waals surface area (Å²) in [6, 6.07) is 10.8. The van der Waals surface area contributed by atoms with Crippen LogP contribution in [0.5, 0.6) is 0 Å². The third-order valence-electron chi connectivity index (χ3n) is 6.46. The number of amides is 2. The van der Waals surface area contributed by atoms with Crippen molar-refractivity contribution in [3.8, 4) is 0 Å². The first-order chi connectivity index (χ1) is 17.1. The second-order valence-electron chi connectivity index (χ2n) is 9.04. The fraction of sp³-hybridized carbons (Fsp3) is 0.385. The monoisotopic (exact) mass is 549 g/mol. The van der Waals surface area contributed by atoms with Crippen molar-refractivity contribution >= 4 is 63.9 Å². The molecule has 1 atom stereocenters. The third kappa shape index (κ3) is 7.18. The number of thiocarbonyl (C=S) groups is 1. The highest BCUT2D eigenvalue weighted by Gasteiger charge is 2.39. The fourth-order valence-electron chi connectivity index (χ4n) is 4.50. The molecule has 10 heteroatoms. The zero-order valence-electron chi connectivity index (χ0n) is 19.9. The second-order valence-corrected chi connectivity index (χ2v) is 10.3. The molecular formula is C26H29Cl2N3O4S. The Morgan fingerprint density at radius 2 is 1.67 bits per heavy atom. The SMILES string of the molecule is CC(=O)NCCC1(C(=S)NC(Cc2ccc(NC(=O)c3c(Cl)cccc3Cl)cc2)C(=O)O)CCCC1. The van der Waals surface area contributed by atoms with E-state index in [1.807, 2.05) is 0 Å². The lowest BCUT2D eigenvalue weighted by Crippen LogP contribution is -2.48. The summed E-state index contributed by atoms with van der Waals surface area (Å²) in [5.74, 6) is -1.53. The maximum absolute atomic E-state index is 12.6. The molecule has 0 saturated heterocycles. The van der Waals surface area contributed by atoms with Crippen LogP contribution in [0.2, 0.25) is 10.0 Å². The summed E-state index contributed by atoms with van der Waals surface area (Å²) in [5, 5.41) is 19.0. The average Bonchev–Trinajstić information content (AvgIpc) is 3.29. The van der Waals surface area contributed by atoms with Gasteiger partial charge < -0.3 is 21.1 Å². The van der Waals surface area contributed by atoms with E-state index >= 15 is 0 Å². The molecule has 1 aliphatic rings. The number of carbonyl (C=O) groups excluding carboxylic acids is 2. The van der Waals surface area contributed by atoms with E-state index in [1.165, 1.54) is 6.92 Å². The molecule has 4 N–H and O–H groups in total. The van der Waals surface area contributed by atoms with Gasteiger partial charge in [0.25, 0.3) is 5.91 Å². The van der Waals surface area contributed by atoms with Crippen LogP contribution in [0.3, 0.4) is 0 Å². The average molecular weight is 551 g/mol. The molecule has 3 rings (SSSR count). The minimum atomic E-state index is -1.00. The van der Waals surface area contributed by atoms with Gasteiger partial charge >= 0.3 is 5.97 Å². The first-order valence-electron chi connectivity index (χ1n) is 11.7. The van der Waals surface area contributed by atoms with Crippen molar-refractivity contribution in [1.82, 2.24) is 10.6 Å². The third-order valence-corrected chi connectivity index (χ3v) is 7.65. The van der Waals surface area contributed by atoms with Gasteiger partial charge in [-0.15, -0.1) is 0 Å². The van der Waals surface area contributed by atoms with Crippen molar-refractivity contribution in [1.29, 1.82) is 0 Å². The predicted octanol–water partition coefficient (Wildman–Crippen LogP) is 5.25. The smallest absolute Gasteiger partial charge is 0.326 e. The number of carbonyl (C=O) groups is 3. The molecule has 1 fully saturated rings. The number of hydrogen-bond donors (Lipinski definition) is 4. The van der Waals surface area contributed by atoms with Crippen molar-refractivity contribution in [2.45, 2.75) is 51.5 Å². The van der Waals surface area contributed by atoms with E-state index in [0.29, 0.717) is 23.6 Å². The molecule has 0 aliphatic heterocycles. The summed E-state index contributed by atoms with van der Waals surface area (Å²) in [6.07, 6.45) is 4.66. The number of halogens is 2. The number of hydrogen-bond acceptors (Lipinski definition) is 4. The predicted molar refractivity (Wildman–Crippen MR) is 146 cm³/mol. The lowest BCUT2D eigenvalue weighted by Gasteiger charge is -2.32. The van der Waals surface area contributed by atoms with Crippen LogP contribution in [0, 0.1) is 5.41 Å². The van der Waals surface area contributed by atoms with Crippen molar-refractivity contribution in [2.75, 3.05) is 11.9 Å². The van der Waals surface area contributed by atoms with Gasteiger partial charge in [-0.25, -0.2) is 4.79 Å². The molecular weight excluding hydrogens is 521 g/mol. The molecule has 1 saturated carbocycles. The maximum Gasteiger partial charge on any atom is 0.326 e. The highest BCUT2D eigenvalue weighted by molar-refractivity contribution is 7.80. The van der Waals surface area contributed by atoms with E-state index in [1.54, 1.807) is 42.5 Å². The van der Waals surface area contributed by atoms with Crippen LogP contribution in [0.15, 0.2) is 42.5 Å². The van der Waals surface area contributed by atoms with Crippen LogP contribution in [0.25, 0.3) is 0 Å². The molecule has 1 unspecified atom stereocenters. The molecule has 2 amide bonds. The van der Waals surface area contributed by atoms with Gasteiger partial charge in [-0.3, -0.25) is 9.59 Å². The molecule has 0 heterocycles. The molecule has 0 bridgehead atoms. The lowest BCUT2D eigenvalue weighted by molar-refractivity contribution is -0.139. The van der Waals surface area contributed by atoms with Crippen LogP contribution in [0.1, 0.15) is 54.9 Å². The van der Waals surface area contributed by atoms with Gasteiger partial charge in [0.1, 0.15) is 6.04 Å². The summed E-state index contributed by atoms with van der Waals surface area (Å²) in [7, 11) is 0. The van der Waals surface area contributed by atoms with Crippen LogP contribution in [0.4, 0.5) is 5.69 Å². The number of carboxylic acids is 1. The standard InChI is InChI=1S/C26H29Cl2N3O4S/c1-16(32)29-14-13-26(11-2-3-12-26)25(36)31-21(24(34)35)15-17-7-9-18(10-8-17)30-23(33)22-19(27)5-4-6-20(22)28/h4-10,21H,2-3,11-15H2,1H3,(H,29,32)(H,30,33)(H,31,36)(H,34,35). The Labute approximate surface area is 225 Å². The van der Waals surface area contributed by atoms with Gasteiger partial charge in [0.05, 0.1) is 20.6 Å². The highest BCUT2D eigenvalue weighted by Crippen LogP contribution is 2.42. The number of carboxylic acid groups (broad SMARTS) is 1. The van der Waals surface area contributed by atoms with E-state index in [9.17, 15) is 19.5 Å². The van der Waals surface area contributed by atoms with Gasteiger partial charge in [0.2, 0.25) is 5.91 Å². The van der Waals surface area contributed by atoms with E-state index < -0.39 is 17.9 Å². The zero-order chi connectivity index (χ0) is 26.3. The van der Waals surface area contributed by atoms with Crippen molar-refractivity contribution in [2.24, 2.45) is 5.41 Å². The number of nitrogens with one attached hydrogen (secondary N) is 3. The molecule has 7 nitrogen and oxygen atoms in total. The van der Waals surface area contributed by atoms with Gasteiger partial charge in [0, 0.05) is 31.0 Å². The molecule has 1 aliphatic carbocycles. The molecule has 2 aromatic carbocycles. The largest absolute Gasteiger partial charge is 0.480 e. The van der Waals surface area contributed by atoms with E-state index in [4.69, 9.17) is 35.4 Å². The van der Waals surface area contributed by atoms with Crippen LogP contribution in [-0.2, 0) is 16.0 Å². The minimum Gasteiger partial charge on any atom is -0.480 e. The Morgan fingerprint density at radius 3 is 2.22 bits per heavy atom. The minimum absolute atomic E-state index is 0.0972. The summed E-state index contributed by atoms with van der Waals surface area (Å²) >= 11 is 17.9. The quantitative estimate of drug-likeness (QED) is 0.301. The first-order valence-corrected chi connectivity index (χ1v) is 12.9. The van der Waals surface area contributed by atoms with Crippen LogP contribution >= 0.6 is 35.4 Å². The molecule has 0 aromatic heterocycles. The lowest BCUT2D eigenvalue weighted by atomic mass is 9.82. The van der Waals surface area contributed by atoms with Crippen molar-refractivity contribution in [3.05, 3.63) is 63.6 Å². The molecule has 0 radical (unpaired) electrons. The van der Waals surface area contributed by atoms with Gasteiger partial charge in [-0.05, 0) is 49.1 Å². The normalized spacial score (nSPS) is 15.1. The zero-order valence-corrected chi connectivity index (χ0v) is 22.2. The first kappa shape index (κ1) is 27.9. The van der Waals surface area contributed by atoms with Crippen molar-refractivity contribution < 1.29 is 19.5 Å². The summed E-state index contributed by atoms with van der Waals surface area (Å²) < 4.78 is 0.